The van der Waals surface area contributed by atoms with Crippen LogP contribution in [-0.2, 0) is 9.59 Å². The summed E-state index contributed by atoms with van der Waals surface area (Å²) in [5.74, 6) is 2.50. The van der Waals surface area contributed by atoms with E-state index in [1.807, 2.05) is 0 Å². The van der Waals surface area contributed by atoms with E-state index in [0.29, 0.717) is 13.0 Å². The highest BCUT2D eigenvalue weighted by molar-refractivity contribution is 5.83. The van der Waals surface area contributed by atoms with E-state index in [4.69, 9.17) is 6.42 Å². The van der Waals surface area contributed by atoms with Crippen LogP contribution in [0.25, 0.3) is 0 Å². The maximum Gasteiger partial charge on any atom is 0.239 e. The van der Waals surface area contributed by atoms with Crippen LogP contribution < -0.4 is 10.6 Å². The third-order valence-electron chi connectivity index (χ3n) is 5.12. The van der Waals surface area contributed by atoms with Crippen LogP contribution in [0.15, 0.2) is 0 Å². The number of rotatable bonds is 5. The van der Waals surface area contributed by atoms with E-state index in [-0.39, 0.29) is 41.9 Å². The van der Waals surface area contributed by atoms with Crippen molar-refractivity contribution in [1.82, 2.24) is 20.4 Å². The summed E-state index contributed by atoms with van der Waals surface area (Å²) in [6.45, 7) is 9.33. The molecule has 3 atom stereocenters. The largest absolute Gasteiger partial charge is 0.353 e. The summed E-state index contributed by atoms with van der Waals surface area (Å²) in [6.07, 6.45) is 7.30. The minimum atomic E-state index is -0.0931. The summed E-state index contributed by atoms with van der Waals surface area (Å²) in [4.78, 5) is 29.1. The number of likely N-dealkylation sites (tertiary alicyclic amines) is 1. The number of carbonyl (C=O) groups is 2. The molecule has 0 aromatic carbocycles. The molecule has 2 aliphatic heterocycles. The van der Waals surface area contributed by atoms with Crippen LogP contribution >= 0.6 is 0 Å². The average molecular weight is 348 g/mol. The number of nitrogens with one attached hydrogen (secondary N) is 2. The first-order chi connectivity index (χ1) is 11.7. The molecule has 2 heterocycles. The molecule has 2 saturated heterocycles. The minimum Gasteiger partial charge on any atom is -0.353 e. The third kappa shape index (κ3) is 5.20. The van der Waals surface area contributed by atoms with Crippen molar-refractivity contribution in [2.45, 2.75) is 58.2 Å². The second-order valence-corrected chi connectivity index (χ2v) is 8.42. The van der Waals surface area contributed by atoms with Gasteiger partial charge in [-0.1, -0.05) is 26.7 Å². The smallest absolute Gasteiger partial charge is 0.239 e. The van der Waals surface area contributed by atoms with Gasteiger partial charge < -0.3 is 10.6 Å². The monoisotopic (exact) mass is 348 g/mol. The van der Waals surface area contributed by atoms with Crippen LogP contribution in [0.4, 0.5) is 0 Å². The van der Waals surface area contributed by atoms with E-state index in [2.05, 4.69) is 54.2 Å². The standard InChI is InChI=1S/C19H32N4O2/c1-6-10-20-16(24)8-7-14-12-21-18(25)17-15(22(14)5)9-11-23(17)13-19(2,3)4/h1,14-15,17H,7-13H2,2-5H3,(H,20,24)(H,21,25)/t14-,15+,17-/m0/s1. The summed E-state index contributed by atoms with van der Waals surface area (Å²) >= 11 is 0. The van der Waals surface area contributed by atoms with Gasteiger partial charge in [0.15, 0.2) is 0 Å². The highest BCUT2D eigenvalue weighted by atomic mass is 16.2. The minimum absolute atomic E-state index is 0.0285. The molecular formula is C19H32N4O2. The molecule has 25 heavy (non-hydrogen) atoms. The molecule has 2 aliphatic rings. The maximum atomic E-state index is 12.7. The van der Waals surface area contributed by atoms with Gasteiger partial charge >= 0.3 is 0 Å². The first-order valence-electron chi connectivity index (χ1n) is 9.17. The molecule has 6 heteroatoms. The SMILES string of the molecule is C#CCNC(=O)CC[C@H]1CNC(=O)[C@@H]2[C@@H](CCN2CC(C)(C)C)N1C. The Bertz CT molecular complexity index is 535. The highest BCUT2D eigenvalue weighted by Crippen LogP contribution is 2.29. The molecule has 0 aromatic rings. The van der Waals surface area contributed by atoms with Crippen LogP contribution in [0, 0.1) is 17.8 Å². The van der Waals surface area contributed by atoms with E-state index < -0.39 is 0 Å². The molecule has 2 amide bonds. The van der Waals surface area contributed by atoms with Crippen molar-refractivity contribution < 1.29 is 9.59 Å². The lowest BCUT2D eigenvalue weighted by Gasteiger charge is -2.34. The van der Waals surface area contributed by atoms with E-state index in [9.17, 15) is 9.59 Å². The quantitative estimate of drug-likeness (QED) is 0.708. The molecule has 0 aliphatic carbocycles. The summed E-state index contributed by atoms with van der Waals surface area (Å²) in [5, 5.41) is 5.79. The molecule has 2 rings (SSSR count). The summed E-state index contributed by atoms with van der Waals surface area (Å²) in [7, 11) is 2.09. The Morgan fingerprint density at radius 2 is 2.16 bits per heavy atom. The lowest BCUT2D eigenvalue weighted by molar-refractivity contribution is -0.126. The van der Waals surface area contributed by atoms with E-state index in [1.165, 1.54) is 0 Å². The van der Waals surface area contributed by atoms with Gasteiger partial charge in [0, 0.05) is 38.1 Å². The van der Waals surface area contributed by atoms with Crippen LogP contribution in [-0.4, -0.2) is 73.0 Å². The average Bonchev–Trinajstić information content (AvgIpc) is 2.88. The predicted molar refractivity (Wildman–Crippen MR) is 98.9 cm³/mol. The molecule has 0 spiro atoms. The van der Waals surface area contributed by atoms with Gasteiger partial charge in [0.1, 0.15) is 6.04 Å². The molecule has 140 valence electrons. The van der Waals surface area contributed by atoms with Gasteiger partial charge in [0.25, 0.3) is 0 Å². The zero-order chi connectivity index (χ0) is 18.6. The first-order valence-corrected chi connectivity index (χ1v) is 9.17. The number of hydrogen-bond acceptors (Lipinski definition) is 4. The van der Waals surface area contributed by atoms with Gasteiger partial charge in [0.05, 0.1) is 6.54 Å². The molecule has 0 unspecified atom stereocenters. The Kier molecular flexibility index (Phi) is 6.47. The number of amides is 2. The van der Waals surface area contributed by atoms with Crippen molar-refractivity contribution >= 4 is 11.8 Å². The first kappa shape index (κ1) is 19.7. The van der Waals surface area contributed by atoms with Crippen molar-refractivity contribution in [3.63, 3.8) is 0 Å². The molecule has 6 nitrogen and oxygen atoms in total. The zero-order valence-corrected chi connectivity index (χ0v) is 16.0. The summed E-state index contributed by atoms with van der Waals surface area (Å²) in [6, 6.07) is 0.290. The fraction of sp³-hybridized carbons (Fsp3) is 0.789. The topological polar surface area (TPSA) is 64.7 Å². The lowest BCUT2D eigenvalue weighted by Crippen LogP contribution is -2.51. The fourth-order valence-corrected chi connectivity index (χ4v) is 3.97. The van der Waals surface area contributed by atoms with Gasteiger partial charge in [-0.25, -0.2) is 0 Å². The second kappa shape index (κ2) is 8.20. The second-order valence-electron chi connectivity index (χ2n) is 8.42. The zero-order valence-electron chi connectivity index (χ0n) is 16.0. The lowest BCUT2D eigenvalue weighted by atomic mass is 9.95. The maximum absolute atomic E-state index is 12.7. The number of likely N-dealkylation sites (N-methyl/N-ethyl adjacent to an activating group) is 1. The Balaban J connectivity index is 2.00. The Hall–Kier alpha value is -1.58. The van der Waals surface area contributed by atoms with Gasteiger partial charge in [-0.05, 0) is 25.3 Å². The Labute approximate surface area is 151 Å². The van der Waals surface area contributed by atoms with Gasteiger partial charge in [-0.2, -0.15) is 0 Å². The summed E-state index contributed by atoms with van der Waals surface area (Å²) in [5.41, 5.74) is 0.161. The van der Waals surface area contributed by atoms with Crippen molar-refractivity contribution in [2.24, 2.45) is 5.41 Å². The van der Waals surface area contributed by atoms with Crippen LogP contribution in [0.1, 0.15) is 40.0 Å². The molecule has 0 bridgehead atoms. The molecule has 0 saturated carbocycles. The predicted octanol–water partition coefficient (Wildman–Crippen LogP) is 0.435. The van der Waals surface area contributed by atoms with E-state index in [1.54, 1.807) is 0 Å². The molecule has 0 aromatic heterocycles. The van der Waals surface area contributed by atoms with Crippen molar-refractivity contribution in [1.29, 1.82) is 0 Å². The number of terminal acetylenes is 1. The Morgan fingerprint density at radius 3 is 2.80 bits per heavy atom. The van der Waals surface area contributed by atoms with Crippen molar-refractivity contribution in [3.05, 3.63) is 0 Å². The summed E-state index contributed by atoms with van der Waals surface area (Å²) < 4.78 is 0. The number of fused-ring (bicyclic) bond motifs is 1. The van der Waals surface area contributed by atoms with Gasteiger partial charge in [-0.15, -0.1) is 6.42 Å². The molecule has 0 radical (unpaired) electrons. The van der Waals surface area contributed by atoms with E-state index >= 15 is 0 Å². The van der Waals surface area contributed by atoms with Crippen LogP contribution in [0.2, 0.25) is 0 Å². The third-order valence-corrected chi connectivity index (χ3v) is 5.12. The normalized spacial score (nSPS) is 28.0. The molecular weight excluding hydrogens is 316 g/mol. The number of hydrogen-bond donors (Lipinski definition) is 2. The fourth-order valence-electron chi connectivity index (χ4n) is 3.97. The van der Waals surface area contributed by atoms with Gasteiger partial charge in [0.2, 0.25) is 11.8 Å². The van der Waals surface area contributed by atoms with Crippen LogP contribution in [0.3, 0.4) is 0 Å². The Morgan fingerprint density at radius 1 is 1.44 bits per heavy atom. The van der Waals surface area contributed by atoms with Gasteiger partial charge in [-0.3, -0.25) is 19.4 Å². The van der Waals surface area contributed by atoms with Crippen molar-refractivity contribution in [2.75, 3.05) is 33.2 Å². The van der Waals surface area contributed by atoms with Crippen LogP contribution in [0.5, 0.6) is 0 Å². The highest BCUT2D eigenvalue weighted by Gasteiger charge is 2.45. The molecule has 2 fully saturated rings. The van der Waals surface area contributed by atoms with E-state index in [0.717, 1.165) is 25.9 Å². The number of nitrogens with zero attached hydrogens (tertiary/aromatic N) is 2. The number of carbonyl (C=O) groups excluding carboxylic acids is 2. The van der Waals surface area contributed by atoms with Crippen molar-refractivity contribution in [3.8, 4) is 12.3 Å². The molecule has 2 N–H and O–H groups in total.